The minimum Gasteiger partial charge on any atom is -0.387 e. The van der Waals surface area contributed by atoms with Gasteiger partial charge in [-0.1, -0.05) is 0 Å². The molecule has 12 heteroatoms. The van der Waals surface area contributed by atoms with Crippen LogP contribution in [0.15, 0.2) is 12.7 Å². The molecular formula is C15H23N7O4S. The molecule has 1 fully saturated rings. The minimum absolute atomic E-state index is 0.0181. The number of thioether (sulfide) groups is 1. The molecule has 2 aromatic rings. The van der Waals surface area contributed by atoms with E-state index in [-0.39, 0.29) is 18.3 Å². The van der Waals surface area contributed by atoms with Gasteiger partial charge in [-0.2, -0.15) is 11.8 Å². The second-order valence-corrected chi connectivity index (χ2v) is 7.25. The summed E-state index contributed by atoms with van der Waals surface area (Å²) in [6.07, 6.45) is 1.02. The Hall–Kier alpha value is -1.99. The number of nitrogens with two attached hydrogens (primary N) is 2. The molecule has 7 N–H and O–H groups in total. The van der Waals surface area contributed by atoms with Gasteiger partial charge >= 0.3 is 0 Å². The third-order valence-electron chi connectivity index (χ3n) is 4.45. The lowest BCUT2D eigenvalue weighted by molar-refractivity contribution is -0.123. The van der Waals surface area contributed by atoms with Crippen molar-refractivity contribution in [1.82, 2.24) is 24.8 Å². The van der Waals surface area contributed by atoms with Crippen molar-refractivity contribution in [2.75, 3.05) is 24.3 Å². The van der Waals surface area contributed by atoms with Gasteiger partial charge < -0.3 is 31.7 Å². The number of carbonyl (C=O) groups excluding carboxylic acids is 1. The molecule has 1 aliphatic heterocycles. The number of nitrogens with zero attached hydrogens (tertiary/aromatic N) is 4. The largest absolute Gasteiger partial charge is 0.387 e. The van der Waals surface area contributed by atoms with Crippen molar-refractivity contribution in [3.05, 3.63) is 12.7 Å². The van der Waals surface area contributed by atoms with Gasteiger partial charge in [0.25, 0.3) is 0 Å². The summed E-state index contributed by atoms with van der Waals surface area (Å²) in [4.78, 5) is 24.1. The quantitative estimate of drug-likeness (QED) is 0.359. The summed E-state index contributed by atoms with van der Waals surface area (Å²) < 4.78 is 7.23. The number of carbonyl (C=O) groups is 1. The van der Waals surface area contributed by atoms with Crippen LogP contribution in [-0.4, -0.2) is 78.5 Å². The Morgan fingerprint density at radius 2 is 2.19 bits per heavy atom. The average molecular weight is 397 g/mol. The summed E-state index contributed by atoms with van der Waals surface area (Å²) in [7, 11) is 0. The lowest BCUT2D eigenvalue weighted by Crippen LogP contribution is -2.46. The molecular weight excluding hydrogens is 374 g/mol. The zero-order valence-corrected chi connectivity index (χ0v) is 15.5. The zero-order valence-electron chi connectivity index (χ0n) is 14.7. The van der Waals surface area contributed by atoms with Crippen molar-refractivity contribution in [2.45, 2.75) is 37.0 Å². The number of rotatable bonds is 7. The maximum Gasteiger partial charge on any atom is 0.237 e. The van der Waals surface area contributed by atoms with E-state index in [1.54, 1.807) is 11.8 Å². The summed E-state index contributed by atoms with van der Waals surface area (Å²) >= 11 is 1.61. The molecule has 1 amide bonds. The maximum absolute atomic E-state index is 12.0. The van der Waals surface area contributed by atoms with Gasteiger partial charge in [-0.3, -0.25) is 9.36 Å². The Morgan fingerprint density at radius 3 is 2.93 bits per heavy atom. The summed E-state index contributed by atoms with van der Waals surface area (Å²) in [5, 5.41) is 23.3. The van der Waals surface area contributed by atoms with Crippen LogP contribution in [0, 0.1) is 0 Å². The predicted octanol–water partition coefficient (Wildman–Crippen LogP) is -1.78. The van der Waals surface area contributed by atoms with E-state index < -0.39 is 30.6 Å². The van der Waals surface area contributed by atoms with Crippen molar-refractivity contribution in [3.63, 3.8) is 0 Å². The van der Waals surface area contributed by atoms with Gasteiger partial charge in [0.1, 0.15) is 30.2 Å². The summed E-state index contributed by atoms with van der Waals surface area (Å²) in [5.41, 5.74) is 12.3. The first-order valence-electron chi connectivity index (χ1n) is 8.41. The number of fused-ring (bicyclic) bond motifs is 1. The predicted molar refractivity (Wildman–Crippen MR) is 99.6 cm³/mol. The van der Waals surface area contributed by atoms with Gasteiger partial charge in [-0.15, -0.1) is 0 Å². The molecule has 11 nitrogen and oxygen atoms in total. The zero-order chi connectivity index (χ0) is 19.6. The van der Waals surface area contributed by atoms with Crippen molar-refractivity contribution in [2.24, 2.45) is 5.73 Å². The van der Waals surface area contributed by atoms with Gasteiger partial charge in [-0.05, 0) is 18.4 Å². The SMILES string of the molecule is CSCC[C@H](N)C(=O)NC[C@H]1OC(n2cnc3c(N)ncnc32)[C@H](O)[C@@H]1O. The summed E-state index contributed by atoms with van der Waals surface area (Å²) in [5.74, 6) is 0.651. The monoisotopic (exact) mass is 397 g/mol. The van der Waals surface area contributed by atoms with E-state index in [9.17, 15) is 15.0 Å². The van der Waals surface area contributed by atoms with Crippen LogP contribution in [0.2, 0.25) is 0 Å². The third-order valence-corrected chi connectivity index (χ3v) is 5.09. The molecule has 1 saturated heterocycles. The number of aliphatic hydroxyl groups is 2. The molecule has 2 aromatic heterocycles. The molecule has 0 bridgehead atoms. The summed E-state index contributed by atoms with van der Waals surface area (Å²) in [6, 6.07) is -0.631. The number of hydrogen-bond acceptors (Lipinski definition) is 10. The van der Waals surface area contributed by atoms with Crippen LogP contribution < -0.4 is 16.8 Å². The average Bonchev–Trinajstić information content (AvgIpc) is 3.21. The Balaban J connectivity index is 1.67. The van der Waals surface area contributed by atoms with Crippen LogP contribution in [0.3, 0.4) is 0 Å². The fraction of sp³-hybridized carbons (Fsp3) is 0.600. The minimum atomic E-state index is -1.23. The first-order valence-corrected chi connectivity index (χ1v) is 9.80. The molecule has 27 heavy (non-hydrogen) atoms. The second kappa shape index (κ2) is 8.35. The van der Waals surface area contributed by atoms with E-state index in [2.05, 4.69) is 20.3 Å². The van der Waals surface area contributed by atoms with E-state index in [4.69, 9.17) is 16.2 Å². The van der Waals surface area contributed by atoms with Gasteiger partial charge in [0, 0.05) is 6.54 Å². The van der Waals surface area contributed by atoms with Crippen molar-refractivity contribution in [1.29, 1.82) is 0 Å². The van der Waals surface area contributed by atoms with E-state index in [0.717, 1.165) is 5.75 Å². The molecule has 1 aliphatic rings. The molecule has 0 radical (unpaired) electrons. The van der Waals surface area contributed by atoms with Gasteiger partial charge in [0.05, 0.1) is 12.4 Å². The number of imidazole rings is 1. The number of ether oxygens (including phenoxy) is 1. The molecule has 3 rings (SSSR count). The third kappa shape index (κ3) is 3.99. The van der Waals surface area contributed by atoms with E-state index >= 15 is 0 Å². The molecule has 0 spiro atoms. The highest BCUT2D eigenvalue weighted by Gasteiger charge is 2.44. The highest BCUT2D eigenvalue weighted by molar-refractivity contribution is 7.98. The Kier molecular flexibility index (Phi) is 6.11. The van der Waals surface area contributed by atoms with Crippen LogP contribution in [0.25, 0.3) is 11.2 Å². The van der Waals surface area contributed by atoms with E-state index in [1.807, 2.05) is 6.26 Å². The molecule has 1 unspecified atom stereocenters. The van der Waals surface area contributed by atoms with Crippen LogP contribution in [0.5, 0.6) is 0 Å². The van der Waals surface area contributed by atoms with Crippen LogP contribution in [0.4, 0.5) is 5.82 Å². The van der Waals surface area contributed by atoms with Crippen LogP contribution in [0.1, 0.15) is 12.6 Å². The van der Waals surface area contributed by atoms with Crippen LogP contribution >= 0.6 is 11.8 Å². The van der Waals surface area contributed by atoms with Gasteiger partial charge in [0.2, 0.25) is 5.91 Å². The Bertz CT molecular complexity index is 804. The number of anilines is 1. The smallest absolute Gasteiger partial charge is 0.237 e. The van der Waals surface area contributed by atoms with Crippen molar-refractivity contribution in [3.8, 4) is 0 Å². The van der Waals surface area contributed by atoms with Gasteiger partial charge in [-0.25, -0.2) is 15.0 Å². The number of amides is 1. The molecule has 0 aromatic carbocycles. The first kappa shape index (κ1) is 19.8. The molecule has 0 aliphatic carbocycles. The highest BCUT2D eigenvalue weighted by atomic mass is 32.2. The molecule has 148 valence electrons. The number of nitrogen functional groups attached to an aromatic ring is 1. The van der Waals surface area contributed by atoms with Crippen molar-refractivity contribution >= 4 is 34.7 Å². The number of aliphatic hydroxyl groups excluding tert-OH is 2. The van der Waals surface area contributed by atoms with E-state index in [1.165, 1.54) is 17.2 Å². The maximum atomic E-state index is 12.0. The standard InChI is InChI=1S/C15H23N7O4S/c1-27-3-2-7(16)14(25)18-4-8-10(23)11(24)15(26-8)22-6-21-9-12(17)19-5-20-13(9)22/h5-8,10-11,15,23-24H,2-4,16H2,1H3,(H,18,25)(H2,17,19,20)/t7-,8+,10+,11+,15?/m0/s1. The first-order chi connectivity index (χ1) is 12.9. The molecule has 5 atom stereocenters. The lowest BCUT2D eigenvalue weighted by atomic mass is 10.1. The number of aromatic nitrogens is 4. The Labute approximate surface area is 159 Å². The lowest BCUT2D eigenvalue weighted by Gasteiger charge is -2.17. The van der Waals surface area contributed by atoms with Crippen LogP contribution in [-0.2, 0) is 9.53 Å². The van der Waals surface area contributed by atoms with E-state index in [0.29, 0.717) is 17.6 Å². The molecule has 0 saturated carbocycles. The van der Waals surface area contributed by atoms with Crippen molar-refractivity contribution < 1.29 is 19.7 Å². The summed E-state index contributed by atoms with van der Waals surface area (Å²) in [6.45, 7) is 0.0181. The number of hydrogen-bond donors (Lipinski definition) is 5. The normalized spacial score (nSPS) is 26.4. The molecule has 3 heterocycles. The Morgan fingerprint density at radius 1 is 1.41 bits per heavy atom. The van der Waals surface area contributed by atoms with Gasteiger partial charge in [0.15, 0.2) is 17.7 Å². The number of nitrogens with one attached hydrogen (secondary N) is 1. The second-order valence-electron chi connectivity index (χ2n) is 6.26. The topological polar surface area (TPSA) is 174 Å². The fourth-order valence-electron chi connectivity index (χ4n) is 2.89. The highest BCUT2D eigenvalue weighted by Crippen LogP contribution is 2.31. The fourth-order valence-corrected chi connectivity index (χ4v) is 3.38.